The minimum absolute atomic E-state index is 0.259. The van der Waals surface area contributed by atoms with Crippen LogP contribution in [0, 0.1) is 18.6 Å². The predicted octanol–water partition coefficient (Wildman–Crippen LogP) is 3.75. The van der Waals surface area contributed by atoms with Crippen LogP contribution in [0.15, 0.2) is 42.5 Å². The molecule has 0 radical (unpaired) electrons. The minimum atomic E-state index is -0.727. The molecule has 0 atom stereocenters. The number of ether oxygens (including phenoxy) is 1. The maximum Gasteiger partial charge on any atom is 0.254 e. The molecule has 1 fully saturated rings. The second-order valence-electron chi connectivity index (χ2n) is 6.57. The van der Waals surface area contributed by atoms with Crippen LogP contribution in [0.1, 0.15) is 34.3 Å². The number of amides is 1. The Hall–Kier alpha value is -2.27. The quantitative estimate of drug-likeness (QED) is 0.916. The average molecular weight is 345 g/mol. The Bertz CT molecular complexity index is 753. The highest BCUT2D eigenvalue weighted by Gasteiger charge is 2.35. The number of aryl methyl sites for hydroxylation is 1. The van der Waals surface area contributed by atoms with Crippen LogP contribution < -0.4 is 5.32 Å². The van der Waals surface area contributed by atoms with E-state index in [1.165, 1.54) is 0 Å². The molecule has 0 aromatic heterocycles. The summed E-state index contributed by atoms with van der Waals surface area (Å²) in [5.41, 5.74) is 1.76. The molecular weight excluding hydrogens is 324 g/mol. The maximum atomic E-state index is 13.8. The lowest BCUT2D eigenvalue weighted by molar-refractivity contribution is 0.0486. The van der Waals surface area contributed by atoms with Crippen LogP contribution in [0.3, 0.4) is 0 Å². The molecule has 2 aromatic carbocycles. The Labute approximate surface area is 146 Å². The van der Waals surface area contributed by atoms with Crippen molar-refractivity contribution in [3.63, 3.8) is 0 Å². The molecule has 132 valence electrons. The van der Waals surface area contributed by atoms with Gasteiger partial charge in [-0.2, -0.15) is 0 Å². The molecule has 1 aliphatic rings. The molecule has 3 nitrogen and oxygen atoms in total. The molecule has 1 N–H and O–H groups in total. The summed E-state index contributed by atoms with van der Waals surface area (Å²) < 4.78 is 32.6. The van der Waals surface area contributed by atoms with Crippen LogP contribution in [0.2, 0.25) is 0 Å². The molecule has 0 bridgehead atoms. The van der Waals surface area contributed by atoms with Gasteiger partial charge in [0.05, 0.1) is 5.56 Å². The lowest BCUT2D eigenvalue weighted by Crippen LogP contribution is -2.44. The summed E-state index contributed by atoms with van der Waals surface area (Å²) in [4.78, 5) is 12.3. The number of hydrogen-bond donors (Lipinski definition) is 1. The van der Waals surface area contributed by atoms with Gasteiger partial charge in [-0.3, -0.25) is 4.79 Å². The fraction of sp³-hybridized carbons (Fsp3) is 0.350. The van der Waals surface area contributed by atoms with E-state index in [2.05, 4.69) is 17.4 Å². The van der Waals surface area contributed by atoms with Gasteiger partial charge in [-0.15, -0.1) is 0 Å². The van der Waals surface area contributed by atoms with E-state index in [9.17, 15) is 13.6 Å². The van der Waals surface area contributed by atoms with E-state index in [1.807, 2.05) is 19.1 Å². The maximum absolute atomic E-state index is 13.8. The number of halogens is 2. The molecule has 25 heavy (non-hydrogen) atoms. The van der Waals surface area contributed by atoms with Crippen LogP contribution in [0.4, 0.5) is 8.78 Å². The summed E-state index contributed by atoms with van der Waals surface area (Å²) in [6.45, 7) is 3.60. The fourth-order valence-corrected chi connectivity index (χ4v) is 3.25. The summed E-state index contributed by atoms with van der Waals surface area (Å²) in [7, 11) is 0. The summed E-state index contributed by atoms with van der Waals surface area (Å²) in [6, 6.07) is 11.1. The van der Waals surface area contributed by atoms with Gasteiger partial charge < -0.3 is 10.1 Å². The zero-order valence-electron chi connectivity index (χ0n) is 14.1. The second-order valence-corrected chi connectivity index (χ2v) is 6.57. The van der Waals surface area contributed by atoms with Crippen LogP contribution >= 0.6 is 0 Å². The SMILES string of the molecule is Cc1ccc(C2(CNC(=O)c3cc(F)ccc3F)CCOCC2)cc1. The van der Waals surface area contributed by atoms with Crippen molar-refractivity contribution in [3.05, 3.63) is 70.8 Å². The van der Waals surface area contributed by atoms with Crippen LogP contribution in [0.25, 0.3) is 0 Å². The third-order valence-corrected chi connectivity index (χ3v) is 4.87. The summed E-state index contributed by atoms with van der Waals surface area (Å²) >= 11 is 0. The highest BCUT2D eigenvalue weighted by molar-refractivity contribution is 5.94. The molecule has 0 unspecified atom stereocenters. The van der Waals surface area contributed by atoms with Gasteiger partial charge in [-0.25, -0.2) is 8.78 Å². The monoisotopic (exact) mass is 345 g/mol. The van der Waals surface area contributed by atoms with E-state index >= 15 is 0 Å². The third-order valence-electron chi connectivity index (χ3n) is 4.87. The highest BCUT2D eigenvalue weighted by Crippen LogP contribution is 2.34. The number of carbonyl (C=O) groups is 1. The van der Waals surface area contributed by atoms with Crippen molar-refractivity contribution in [1.29, 1.82) is 0 Å². The summed E-state index contributed by atoms with van der Waals surface area (Å²) in [6.07, 6.45) is 1.53. The first-order valence-electron chi connectivity index (χ1n) is 8.38. The Balaban J connectivity index is 1.80. The van der Waals surface area contributed by atoms with Gasteiger partial charge in [-0.05, 0) is 43.5 Å². The van der Waals surface area contributed by atoms with Crippen molar-refractivity contribution in [2.24, 2.45) is 0 Å². The van der Waals surface area contributed by atoms with Gasteiger partial charge in [0.1, 0.15) is 11.6 Å². The van der Waals surface area contributed by atoms with Crippen molar-refractivity contribution in [3.8, 4) is 0 Å². The first kappa shape index (κ1) is 17.5. The smallest absolute Gasteiger partial charge is 0.254 e. The first-order valence-corrected chi connectivity index (χ1v) is 8.38. The molecule has 0 aliphatic carbocycles. The van der Waals surface area contributed by atoms with Crippen LogP contribution in [-0.4, -0.2) is 25.7 Å². The Kier molecular flexibility index (Phi) is 5.13. The van der Waals surface area contributed by atoms with Crippen molar-refractivity contribution < 1.29 is 18.3 Å². The summed E-state index contributed by atoms with van der Waals surface area (Å²) in [5.74, 6) is -1.96. The lowest BCUT2D eigenvalue weighted by Gasteiger charge is -2.38. The molecule has 1 saturated heterocycles. The van der Waals surface area contributed by atoms with E-state index < -0.39 is 17.5 Å². The minimum Gasteiger partial charge on any atom is -0.381 e. The summed E-state index contributed by atoms with van der Waals surface area (Å²) in [5, 5.41) is 2.79. The standard InChI is InChI=1S/C20H21F2NO2/c1-14-2-4-15(5-3-14)20(8-10-25-11-9-20)13-23-19(24)17-12-16(21)6-7-18(17)22/h2-7,12H,8-11,13H2,1H3,(H,23,24). The van der Waals surface area contributed by atoms with E-state index in [-0.39, 0.29) is 11.0 Å². The molecule has 0 saturated carbocycles. The Morgan fingerprint density at radius 3 is 2.48 bits per heavy atom. The van der Waals surface area contributed by atoms with Gasteiger partial charge in [-0.1, -0.05) is 29.8 Å². The van der Waals surface area contributed by atoms with Gasteiger partial charge in [0.15, 0.2) is 0 Å². The van der Waals surface area contributed by atoms with Crippen LogP contribution in [0.5, 0.6) is 0 Å². The zero-order valence-corrected chi connectivity index (χ0v) is 14.1. The molecule has 3 rings (SSSR count). The Morgan fingerprint density at radius 1 is 1.12 bits per heavy atom. The van der Waals surface area contributed by atoms with Crippen molar-refractivity contribution in [2.45, 2.75) is 25.2 Å². The van der Waals surface area contributed by atoms with E-state index in [0.29, 0.717) is 19.8 Å². The average Bonchev–Trinajstić information content (AvgIpc) is 2.63. The molecule has 5 heteroatoms. The molecule has 2 aromatic rings. The molecule has 1 amide bonds. The van der Waals surface area contributed by atoms with Gasteiger partial charge >= 0.3 is 0 Å². The molecule has 1 aliphatic heterocycles. The van der Waals surface area contributed by atoms with Crippen molar-refractivity contribution >= 4 is 5.91 Å². The third kappa shape index (κ3) is 3.87. The van der Waals surface area contributed by atoms with Gasteiger partial charge in [0.25, 0.3) is 5.91 Å². The topological polar surface area (TPSA) is 38.3 Å². The second kappa shape index (κ2) is 7.31. The zero-order chi connectivity index (χ0) is 17.9. The predicted molar refractivity (Wildman–Crippen MR) is 91.6 cm³/mol. The van der Waals surface area contributed by atoms with Crippen molar-refractivity contribution in [1.82, 2.24) is 5.32 Å². The number of carbonyl (C=O) groups excluding carboxylic acids is 1. The molecular formula is C20H21F2NO2. The normalized spacial score (nSPS) is 16.4. The molecule has 1 heterocycles. The van der Waals surface area contributed by atoms with Gasteiger partial charge in [0.2, 0.25) is 0 Å². The van der Waals surface area contributed by atoms with Gasteiger partial charge in [0, 0.05) is 25.2 Å². The fourth-order valence-electron chi connectivity index (χ4n) is 3.25. The lowest BCUT2D eigenvalue weighted by atomic mass is 9.74. The van der Waals surface area contributed by atoms with E-state index in [0.717, 1.165) is 42.2 Å². The largest absolute Gasteiger partial charge is 0.381 e. The number of rotatable bonds is 4. The number of hydrogen-bond acceptors (Lipinski definition) is 2. The highest BCUT2D eigenvalue weighted by atomic mass is 19.1. The number of nitrogens with one attached hydrogen (secondary N) is 1. The number of benzene rings is 2. The Morgan fingerprint density at radius 2 is 1.80 bits per heavy atom. The van der Waals surface area contributed by atoms with Crippen molar-refractivity contribution in [2.75, 3.05) is 19.8 Å². The van der Waals surface area contributed by atoms with E-state index in [1.54, 1.807) is 0 Å². The van der Waals surface area contributed by atoms with E-state index in [4.69, 9.17) is 4.74 Å². The molecule has 0 spiro atoms. The first-order chi connectivity index (χ1) is 12.0. The van der Waals surface area contributed by atoms with Crippen LogP contribution in [-0.2, 0) is 10.2 Å².